The second-order valence-electron chi connectivity index (χ2n) is 14.3. The Morgan fingerprint density at radius 2 is 0.500 bits per heavy atom. The van der Waals surface area contributed by atoms with E-state index in [2.05, 4.69) is 18.9 Å². The third-order valence-electron chi connectivity index (χ3n) is 7.15. The molecule has 0 aromatic carbocycles. The number of alkyl halides is 26. The molecule has 2 N–H and O–H groups in total. The summed E-state index contributed by atoms with van der Waals surface area (Å²) in [5.41, 5.74) is 0. The smallest absolute Gasteiger partial charge is 0.348 e. The molecule has 418 valence electrons. The fraction of sp³-hybridized carbons (Fsp3) is 0.929. The van der Waals surface area contributed by atoms with Crippen LogP contribution in [0.3, 0.4) is 0 Å². The van der Waals surface area contributed by atoms with Crippen LogP contribution in [0.2, 0.25) is 0 Å². The highest BCUT2D eigenvalue weighted by Gasteiger charge is 2.64. The Labute approximate surface area is 371 Å². The Kier molecular flexibility index (Phi) is 22.1. The van der Waals surface area contributed by atoms with Gasteiger partial charge in [-0.25, -0.2) is 37.9 Å². The van der Waals surface area contributed by atoms with Crippen molar-refractivity contribution in [3.63, 3.8) is 0 Å². The van der Waals surface area contributed by atoms with E-state index in [1.54, 1.807) is 37.7 Å². The van der Waals surface area contributed by atoms with Gasteiger partial charge in [-0.2, -0.15) is 27.0 Å². The van der Waals surface area contributed by atoms with E-state index in [0.29, 0.717) is 12.8 Å². The number of amides is 2. The molecule has 42 heteroatoms. The van der Waals surface area contributed by atoms with Crippen LogP contribution in [0.4, 0.5) is 114 Å². The van der Waals surface area contributed by atoms with Gasteiger partial charge in [0.05, 0.1) is 54.4 Å². The molecule has 70 heavy (non-hydrogen) atoms. The number of unbranched alkanes of at least 4 members (excludes halogenated alkanes) is 1. The van der Waals surface area contributed by atoms with Gasteiger partial charge in [0.2, 0.25) is 0 Å². The highest BCUT2D eigenvalue weighted by Crippen LogP contribution is 2.42. The van der Waals surface area contributed by atoms with E-state index in [0.717, 1.165) is 0 Å². The molecule has 0 rings (SSSR count). The molecule has 0 atom stereocenters. The zero-order valence-corrected chi connectivity index (χ0v) is 34.7. The second kappa shape index (κ2) is 23.2. The summed E-state index contributed by atoms with van der Waals surface area (Å²) >= 11 is 0. The van der Waals surface area contributed by atoms with Crippen molar-refractivity contribution in [3.8, 4) is 0 Å². The molecule has 0 aliphatic carbocycles. The normalized spacial score (nSPS) is 15.1. The van der Waals surface area contributed by atoms with Crippen LogP contribution in [-0.2, 0) is 57.0 Å². The number of nitrogens with zero attached hydrogens (tertiary/aromatic N) is 2. The number of rotatable bonds is 33. The summed E-state index contributed by atoms with van der Waals surface area (Å²) in [5, 5.41) is 2.69. The van der Waals surface area contributed by atoms with Gasteiger partial charge in [0.25, 0.3) is 0 Å². The van der Waals surface area contributed by atoms with Crippen molar-refractivity contribution in [1.29, 1.82) is 0 Å². The van der Waals surface area contributed by atoms with Gasteiger partial charge in [-0.05, 0) is 0 Å². The summed E-state index contributed by atoms with van der Waals surface area (Å²) in [6.45, 7) is -0.996. The van der Waals surface area contributed by atoms with Crippen LogP contribution in [-0.4, -0.2) is 164 Å². The lowest BCUT2D eigenvalue weighted by Gasteiger charge is -2.32. The van der Waals surface area contributed by atoms with Crippen molar-refractivity contribution in [2.75, 3.05) is 67.5 Å². The van der Waals surface area contributed by atoms with Gasteiger partial charge >= 0.3 is 87.1 Å². The lowest BCUT2D eigenvalue weighted by atomic mass is 10.2. The second-order valence-corrected chi connectivity index (χ2v) is 14.3. The summed E-state index contributed by atoms with van der Waals surface area (Å²) in [6.07, 6.45) is -77.1. The molecule has 0 fully saturated rings. The Hall–Kier alpha value is -3.36. The maximum atomic E-state index is 13.9. The number of quaternary nitrogens is 2. The van der Waals surface area contributed by atoms with Crippen LogP contribution >= 0.6 is 0 Å². The Morgan fingerprint density at radius 3 is 0.714 bits per heavy atom. The third kappa shape index (κ3) is 29.9. The van der Waals surface area contributed by atoms with Crippen molar-refractivity contribution in [2.24, 2.45) is 0 Å². The number of halogens is 26. The standard InChI is InChI=1S/C28H32F26N4O12/c1-57(2,13-7-9-55-15(59)17(29,30)61-21(39,40)65-25(47,48)69-27(51,52)67-23(43,44)63-19(33,34)35)11-5-6-12-58(3,4)14-8-10-56-16(60)18(31,32)62-22(41,42)66-26(49,50)70-28(53,54)68-24(45,46)64-20(36,37)38/h5-14H2,1-4H3/p+2. The minimum Gasteiger partial charge on any atom is -0.348 e. The molecule has 0 unspecified atom stereocenters. The lowest BCUT2D eigenvalue weighted by molar-refractivity contribution is -0.896. The fourth-order valence-electron chi connectivity index (χ4n) is 4.58. The van der Waals surface area contributed by atoms with E-state index in [9.17, 15) is 124 Å². The molecule has 0 aromatic heterocycles. The number of carbonyl (C=O) groups is 2. The lowest BCUT2D eigenvalue weighted by Crippen LogP contribution is -2.51. The Bertz CT molecular complexity index is 1550. The zero-order valence-electron chi connectivity index (χ0n) is 34.7. The van der Waals surface area contributed by atoms with Crippen molar-refractivity contribution in [1.82, 2.24) is 10.6 Å². The Morgan fingerprint density at radius 1 is 0.314 bits per heavy atom. The first-order valence-corrected chi connectivity index (χ1v) is 17.7. The summed E-state index contributed by atoms with van der Waals surface area (Å²) in [5.74, 6) is -5.56. The monoisotopic (exact) mass is 1110 g/mol. The minimum atomic E-state index is -6.68. The van der Waals surface area contributed by atoms with Crippen LogP contribution in [0.25, 0.3) is 0 Å². The van der Waals surface area contributed by atoms with Gasteiger partial charge in [0.1, 0.15) is 0 Å². The topological polar surface area (TPSA) is 150 Å². The SMILES string of the molecule is C[N+](C)(CCCC[N+](C)(C)CCCNC(=O)C(F)(F)OC(F)(F)OC(F)(F)OC(F)(F)OC(F)(F)OC(F)(F)F)CCCNC(=O)C(F)(F)OC(F)(F)OC(F)(F)OC(F)(F)OC(F)(F)OC(F)(F)F. The van der Waals surface area contributed by atoms with Crippen LogP contribution < -0.4 is 10.6 Å². The zero-order chi connectivity index (χ0) is 55.7. The molecule has 2 amide bonds. The quantitative estimate of drug-likeness (QED) is 0.0287. The highest BCUT2D eigenvalue weighted by atomic mass is 19.4. The number of carbonyl (C=O) groups excluding carboxylic acids is 2. The van der Waals surface area contributed by atoms with Crippen molar-refractivity contribution >= 4 is 11.8 Å². The number of ether oxygens (including phenoxy) is 10. The van der Waals surface area contributed by atoms with E-state index in [4.69, 9.17) is 0 Å². The van der Waals surface area contributed by atoms with E-state index in [1.165, 1.54) is 10.6 Å². The summed E-state index contributed by atoms with van der Waals surface area (Å²) in [7, 11) is 6.17. The van der Waals surface area contributed by atoms with Gasteiger partial charge in [-0.3, -0.25) is 9.59 Å². The van der Waals surface area contributed by atoms with Crippen molar-refractivity contribution < 1.29 is 180 Å². The van der Waals surface area contributed by atoms with Gasteiger partial charge < -0.3 is 19.6 Å². The third-order valence-corrected chi connectivity index (χ3v) is 7.15. The van der Waals surface area contributed by atoms with Crippen LogP contribution in [0, 0.1) is 0 Å². The molecule has 0 aliphatic heterocycles. The maximum absolute atomic E-state index is 13.9. The summed E-state index contributed by atoms with van der Waals surface area (Å²) < 4.78 is 358. The number of hydrogen-bond donors (Lipinski definition) is 2. The van der Waals surface area contributed by atoms with Gasteiger partial charge in [-0.1, -0.05) is 0 Å². The molecular weight excluding hydrogens is 1080 g/mol. The molecular formula is C28H34F26N4O12+2. The van der Waals surface area contributed by atoms with Crippen LogP contribution in [0.5, 0.6) is 0 Å². The van der Waals surface area contributed by atoms with E-state index < -0.39 is 100 Å². The molecule has 16 nitrogen and oxygen atoms in total. The molecule has 0 radical (unpaired) electrons. The summed E-state index contributed by atoms with van der Waals surface area (Å²) in [6, 6.07) is 0. The van der Waals surface area contributed by atoms with Gasteiger partial charge in [0.15, 0.2) is 0 Å². The number of nitrogens with one attached hydrogen (secondary N) is 2. The molecule has 0 heterocycles. The predicted molar refractivity (Wildman–Crippen MR) is 161 cm³/mol. The fourth-order valence-corrected chi connectivity index (χ4v) is 4.58. The van der Waals surface area contributed by atoms with Crippen molar-refractivity contribution in [2.45, 2.75) is 101 Å². The van der Waals surface area contributed by atoms with Crippen LogP contribution in [0.1, 0.15) is 25.7 Å². The number of hydrogen-bond acceptors (Lipinski definition) is 12. The summed E-state index contributed by atoms with van der Waals surface area (Å²) in [4.78, 5) is 23.4. The molecule has 0 aromatic rings. The molecule has 0 saturated carbocycles. The van der Waals surface area contributed by atoms with Crippen molar-refractivity contribution in [3.05, 3.63) is 0 Å². The van der Waals surface area contributed by atoms with Crippen LogP contribution in [0.15, 0.2) is 0 Å². The largest absolute Gasteiger partial charge is 0.529 e. The predicted octanol–water partition coefficient (Wildman–Crippen LogP) is 7.73. The van der Waals surface area contributed by atoms with E-state index in [1.807, 2.05) is 18.9 Å². The first-order chi connectivity index (χ1) is 30.5. The first kappa shape index (κ1) is 66.6. The molecule has 0 spiro atoms. The van der Waals surface area contributed by atoms with Gasteiger partial charge in [-0.15, -0.1) is 96.6 Å². The van der Waals surface area contributed by atoms with E-state index >= 15 is 0 Å². The maximum Gasteiger partial charge on any atom is 0.529 e. The average molecular weight is 1110 g/mol. The minimum absolute atomic E-state index is 0.00994. The molecule has 0 bridgehead atoms. The molecule has 0 aliphatic rings. The first-order valence-electron chi connectivity index (χ1n) is 17.7. The highest BCUT2D eigenvalue weighted by molar-refractivity contribution is 5.82. The molecule has 0 saturated heterocycles. The van der Waals surface area contributed by atoms with Gasteiger partial charge in [0, 0.05) is 38.8 Å². The Balaban J connectivity index is 4.88. The average Bonchev–Trinajstić information content (AvgIpc) is 2.99. The van der Waals surface area contributed by atoms with E-state index in [-0.39, 0.29) is 48.0 Å².